The van der Waals surface area contributed by atoms with Crippen LogP contribution in [0.4, 0.5) is 5.69 Å². The number of fused-ring (bicyclic) bond motifs is 1. The predicted molar refractivity (Wildman–Crippen MR) is 87.0 cm³/mol. The standard InChI is InChI=1S/C16H14BrNO4/c1-20-15-7-11(17)6-10(16(15)19)9-18-12-2-3-13-14(8-12)22-5-4-21-13/h2-3,6-9,19H,4-5H2,1H3. The number of halogens is 1. The van der Waals surface area contributed by atoms with Gasteiger partial charge in [-0.05, 0) is 24.3 Å². The second-order valence-electron chi connectivity index (χ2n) is 4.63. The highest BCUT2D eigenvalue weighted by molar-refractivity contribution is 9.10. The van der Waals surface area contributed by atoms with Crippen LogP contribution in [0.15, 0.2) is 39.8 Å². The molecule has 1 N–H and O–H groups in total. The van der Waals surface area contributed by atoms with Crippen molar-refractivity contribution in [2.24, 2.45) is 4.99 Å². The van der Waals surface area contributed by atoms with Crippen LogP contribution in [0.3, 0.4) is 0 Å². The molecule has 0 bridgehead atoms. The number of phenols is 1. The topological polar surface area (TPSA) is 60.3 Å². The Morgan fingerprint density at radius 2 is 1.95 bits per heavy atom. The maximum absolute atomic E-state index is 10.1. The molecule has 114 valence electrons. The van der Waals surface area contributed by atoms with Crippen molar-refractivity contribution in [2.75, 3.05) is 20.3 Å². The van der Waals surface area contributed by atoms with E-state index in [-0.39, 0.29) is 5.75 Å². The zero-order valence-corrected chi connectivity index (χ0v) is 13.5. The van der Waals surface area contributed by atoms with Crippen LogP contribution in [-0.4, -0.2) is 31.6 Å². The summed E-state index contributed by atoms with van der Waals surface area (Å²) in [5, 5.41) is 10.1. The van der Waals surface area contributed by atoms with E-state index in [2.05, 4.69) is 20.9 Å². The third-order valence-corrected chi connectivity index (χ3v) is 3.63. The number of hydrogen-bond donors (Lipinski definition) is 1. The summed E-state index contributed by atoms with van der Waals surface area (Å²) in [6.45, 7) is 1.09. The highest BCUT2D eigenvalue weighted by Gasteiger charge is 2.12. The first-order chi connectivity index (χ1) is 10.7. The van der Waals surface area contributed by atoms with E-state index in [1.54, 1.807) is 24.4 Å². The monoisotopic (exact) mass is 363 g/mol. The summed E-state index contributed by atoms with van der Waals surface area (Å²) in [6.07, 6.45) is 1.58. The molecule has 0 aliphatic carbocycles. The van der Waals surface area contributed by atoms with E-state index < -0.39 is 0 Å². The fraction of sp³-hybridized carbons (Fsp3) is 0.188. The molecule has 1 aliphatic heterocycles. The van der Waals surface area contributed by atoms with Crippen molar-refractivity contribution < 1.29 is 19.3 Å². The molecule has 0 radical (unpaired) electrons. The molecular formula is C16H14BrNO4. The average molecular weight is 364 g/mol. The van der Waals surface area contributed by atoms with Crippen molar-refractivity contribution in [3.63, 3.8) is 0 Å². The Hall–Kier alpha value is -2.21. The highest BCUT2D eigenvalue weighted by Crippen LogP contribution is 2.35. The fourth-order valence-electron chi connectivity index (χ4n) is 2.10. The lowest BCUT2D eigenvalue weighted by atomic mass is 10.2. The van der Waals surface area contributed by atoms with Gasteiger partial charge in [-0.15, -0.1) is 0 Å². The first-order valence-corrected chi connectivity index (χ1v) is 7.47. The van der Waals surface area contributed by atoms with Gasteiger partial charge >= 0.3 is 0 Å². The van der Waals surface area contributed by atoms with Gasteiger partial charge < -0.3 is 19.3 Å². The van der Waals surface area contributed by atoms with Gasteiger partial charge in [-0.2, -0.15) is 0 Å². The summed E-state index contributed by atoms with van der Waals surface area (Å²) in [5.41, 5.74) is 1.27. The number of aromatic hydroxyl groups is 1. The van der Waals surface area contributed by atoms with Gasteiger partial charge in [-0.1, -0.05) is 15.9 Å². The summed E-state index contributed by atoms with van der Waals surface area (Å²) in [6, 6.07) is 8.91. The summed E-state index contributed by atoms with van der Waals surface area (Å²) >= 11 is 3.37. The van der Waals surface area contributed by atoms with E-state index in [0.717, 1.165) is 10.2 Å². The van der Waals surface area contributed by atoms with E-state index in [0.29, 0.717) is 36.0 Å². The van der Waals surface area contributed by atoms with Gasteiger partial charge in [-0.25, -0.2) is 0 Å². The maximum atomic E-state index is 10.1. The van der Waals surface area contributed by atoms with E-state index in [1.807, 2.05) is 12.1 Å². The number of methoxy groups -OCH3 is 1. The second-order valence-corrected chi connectivity index (χ2v) is 5.55. The minimum Gasteiger partial charge on any atom is -0.504 e. The number of ether oxygens (including phenoxy) is 3. The molecule has 0 spiro atoms. The fourth-order valence-corrected chi connectivity index (χ4v) is 2.56. The molecule has 1 aliphatic rings. The summed E-state index contributed by atoms with van der Waals surface area (Å²) in [4.78, 5) is 4.37. The van der Waals surface area contributed by atoms with Crippen LogP contribution in [0, 0.1) is 0 Å². The number of benzene rings is 2. The summed E-state index contributed by atoms with van der Waals surface area (Å²) in [5.74, 6) is 1.83. The molecule has 0 amide bonds. The molecule has 0 saturated heterocycles. The Bertz CT molecular complexity index is 730. The molecule has 1 heterocycles. The zero-order valence-electron chi connectivity index (χ0n) is 11.9. The van der Waals surface area contributed by atoms with Crippen LogP contribution in [-0.2, 0) is 0 Å². The predicted octanol–water partition coefficient (Wildman–Crippen LogP) is 3.69. The van der Waals surface area contributed by atoms with E-state index in [4.69, 9.17) is 14.2 Å². The molecule has 0 fully saturated rings. The number of phenolic OH excluding ortho intramolecular Hbond substituents is 1. The van der Waals surface area contributed by atoms with Gasteiger partial charge in [0.05, 0.1) is 12.8 Å². The normalized spacial score (nSPS) is 13.4. The molecule has 0 aromatic heterocycles. The lowest BCUT2D eigenvalue weighted by molar-refractivity contribution is 0.171. The van der Waals surface area contributed by atoms with Crippen molar-refractivity contribution in [1.82, 2.24) is 0 Å². The van der Waals surface area contributed by atoms with Crippen molar-refractivity contribution in [3.05, 3.63) is 40.4 Å². The summed E-state index contributed by atoms with van der Waals surface area (Å²) in [7, 11) is 1.50. The number of hydrogen-bond acceptors (Lipinski definition) is 5. The van der Waals surface area contributed by atoms with Crippen LogP contribution in [0.1, 0.15) is 5.56 Å². The average Bonchev–Trinajstić information content (AvgIpc) is 2.55. The second kappa shape index (κ2) is 6.27. The molecule has 0 saturated carbocycles. The van der Waals surface area contributed by atoms with Crippen LogP contribution in [0.2, 0.25) is 0 Å². The zero-order chi connectivity index (χ0) is 15.5. The maximum Gasteiger partial charge on any atom is 0.166 e. The quantitative estimate of drug-likeness (QED) is 0.844. The minimum absolute atomic E-state index is 0.0481. The molecule has 3 rings (SSSR count). The van der Waals surface area contributed by atoms with Crippen molar-refractivity contribution in [3.8, 4) is 23.0 Å². The minimum atomic E-state index is 0.0481. The smallest absolute Gasteiger partial charge is 0.166 e. The Morgan fingerprint density at radius 3 is 2.73 bits per heavy atom. The molecular weight excluding hydrogens is 350 g/mol. The van der Waals surface area contributed by atoms with Crippen molar-refractivity contribution >= 4 is 27.8 Å². The Kier molecular flexibility index (Phi) is 4.20. The highest BCUT2D eigenvalue weighted by atomic mass is 79.9. The third-order valence-electron chi connectivity index (χ3n) is 3.17. The van der Waals surface area contributed by atoms with E-state index >= 15 is 0 Å². The molecule has 2 aromatic rings. The molecule has 0 unspecified atom stereocenters. The lowest BCUT2D eigenvalue weighted by Gasteiger charge is -2.18. The van der Waals surface area contributed by atoms with Gasteiger partial charge in [0.2, 0.25) is 0 Å². The van der Waals surface area contributed by atoms with Crippen LogP contribution in [0.25, 0.3) is 0 Å². The Morgan fingerprint density at radius 1 is 1.18 bits per heavy atom. The molecule has 22 heavy (non-hydrogen) atoms. The van der Waals surface area contributed by atoms with Crippen LogP contribution < -0.4 is 14.2 Å². The van der Waals surface area contributed by atoms with Crippen molar-refractivity contribution in [1.29, 1.82) is 0 Å². The van der Waals surface area contributed by atoms with E-state index in [9.17, 15) is 5.11 Å². The first-order valence-electron chi connectivity index (χ1n) is 6.67. The molecule has 2 aromatic carbocycles. The van der Waals surface area contributed by atoms with Gasteiger partial charge in [0.25, 0.3) is 0 Å². The molecule has 0 atom stereocenters. The van der Waals surface area contributed by atoms with Crippen LogP contribution >= 0.6 is 15.9 Å². The number of nitrogens with zero attached hydrogens (tertiary/aromatic N) is 1. The van der Waals surface area contributed by atoms with Gasteiger partial charge in [0.1, 0.15) is 13.2 Å². The Balaban J connectivity index is 1.90. The molecule has 6 heteroatoms. The van der Waals surface area contributed by atoms with Crippen molar-refractivity contribution in [2.45, 2.75) is 0 Å². The lowest BCUT2D eigenvalue weighted by Crippen LogP contribution is -2.14. The third kappa shape index (κ3) is 3.01. The number of aliphatic imine (C=N–C) groups is 1. The molecule has 5 nitrogen and oxygen atoms in total. The SMILES string of the molecule is COc1cc(Br)cc(C=Nc2ccc3c(c2)OCCO3)c1O. The van der Waals surface area contributed by atoms with Crippen LogP contribution in [0.5, 0.6) is 23.0 Å². The largest absolute Gasteiger partial charge is 0.504 e. The van der Waals surface area contributed by atoms with Gasteiger partial charge in [0.15, 0.2) is 23.0 Å². The number of rotatable bonds is 3. The summed E-state index contributed by atoms with van der Waals surface area (Å²) < 4.78 is 16.9. The van der Waals surface area contributed by atoms with Gasteiger partial charge in [0, 0.05) is 22.3 Å². The first kappa shape index (κ1) is 14.7. The van der Waals surface area contributed by atoms with Gasteiger partial charge in [-0.3, -0.25) is 4.99 Å². The Labute approximate surface area is 136 Å². The van der Waals surface area contributed by atoms with E-state index in [1.165, 1.54) is 7.11 Å².